The van der Waals surface area contributed by atoms with E-state index < -0.39 is 11.0 Å². The molecule has 3 aromatic carbocycles. The Morgan fingerprint density at radius 1 is 1.06 bits per heavy atom. The number of methoxy groups -OCH3 is 1. The number of rotatable bonds is 5. The van der Waals surface area contributed by atoms with Crippen molar-refractivity contribution in [2.75, 3.05) is 11.8 Å². The minimum absolute atomic E-state index is 0.612. The maximum atomic E-state index is 13.0. The lowest BCUT2D eigenvalue weighted by atomic mass is 10.1. The van der Waals surface area contributed by atoms with E-state index in [1.165, 1.54) is 0 Å². The molecule has 0 radical (unpaired) electrons. The Balaban J connectivity index is 1.48. The van der Waals surface area contributed by atoms with Crippen LogP contribution in [0.3, 0.4) is 0 Å². The number of hydrogen-bond donors (Lipinski definition) is 1. The molecule has 0 fully saturated rings. The third kappa shape index (κ3) is 3.60. The Kier molecular flexibility index (Phi) is 5.29. The summed E-state index contributed by atoms with van der Waals surface area (Å²) in [7, 11) is 2.09. The van der Waals surface area contributed by atoms with E-state index in [4.69, 9.17) is 4.74 Å². The fourth-order valence-corrected chi connectivity index (χ4v) is 5.09. The summed E-state index contributed by atoms with van der Waals surface area (Å²) in [5.74, 6) is 0.740. The lowest BCUT2D eigenvalue weighted by molar-refractivity contribution is 0.415. The van der Waals surface area contributed by atoms with Crippen molar-refractivity contribution in [1.29, 1.82) is 5.26 Å². The molecule has 0 aliphatic carbocycles. The van der Waals surface area contributed by atoms with E-state index in [1.54, 1.807) is 13.3 Å². The third-order valence-corrected chi connectivity index (χ3v) is 6.83. The normalized spacial score (nSPS) is 11.9. The van der Waals surface area contributed by atoms with E-state index >= 15 is 0 Å². The maximum absolute atomic E-state index is 13.0. The lowest BCUT2D eigenvalue weighted by Crippen LogP contribution is -2.05. The molecule has 0 aliphatic rings. The zero-order valence-corrected chi connectivity index (χ0v) is 18.9. The predicted molar refractivity (Wildman–Crippen MR) is 131 cm³/mol. The summed E-state index contributed by atoms with van der Waals surface area (Å²) in [6.07, 6.45) is 1.70. The molecular weight excluding hydrogens is 432 g/mol. The highest BCUT2D eigenvalue weighted by Gasteiger charge is 2.17. The van der Waals surface area contributed by atoms with Gasteiger partial charge in [0.15, 0.2) is 11.0 Å². The summed E-state index contributed by atoms with van der Waals surface area (Å²) >= 11 is 0. The molecule has 7 heteroatoms. The smallest absolute Gasteiger partial charge is 0.152 e. The molecule has 2 aromatic heterocycles. The van der Waals surface area contributed by atoms with Crippen LogP contribution in [0, 0.1) is 11.3 Å². The average Bonchev–Trinajstić information content (AvgIpc) is 3.14. The van der Waals surface area contributed by atoms with Gasteiger partial charge in [0.1, 0.15) is 11.8 Å². The molecule has 0 amide bonds. The number of para-hydroxylation sites is 1. The average molecular weight is 453 g/mol. The monoisotopic (exact) mass is 452 g/mol. The third-order valence-electron chi connectivity index (χ3n) is 5.68. The van der Waals surface area contributed by atoms with Crippen LogP contribution in [-0.4, -0.2) is 20.9 Å². The lowest BCUT2D eigenvalue weighted by Gasteiger charge is -2.10. The fourth-order valence-electron chi connectivity index (χ4n) is 4.08. The molecule has 0 spiro atoms. The topological polar surface area (TPSA) is 79.9 Å². The highest BCUT2D eigenvalue weighted by Crippen LogP contribution is 2.35. The number of nitriles is 1. The van der Waals surface area contributed by atoms with Crippen molar-refractivity contribution in [3.05, 3.63) is 84.6 Å². The van der Waals surface area contributed by atoms with Crippen molar-refractivity contribution in [3.8, 4) is 23.1 Å². The zero-order valence-electron chi connectivity index (χ0n) is 18.1. The van der Waals surface area contributed by atoms with Gasteiger partial charge < -0.3 is 14.0 Å². The van der Waals surface area contributed by atoms with Crippen LogP contribution < -0.4 is 9.46 Å². The molecule has 1 atom stereocenters. The Morgan fingerprint density at radius 2 is 1.85 bits per heavy atom. The second kappa shape index (κ2) is 8.41. The molecule has 162 valence electrons. The number of ether oxygens (including phenoxy) is 1. The van der Waals surface area contributed by atoms with Crippen molar-refractivity contribution in [1.82, 2.24) is 9.55 Å². The quantitative estimate of drug-likeness (QED) is 0.387. The first-order chi connectivity index (χ1) is 16.1. The van der Waals surface area contributed by atoms with Gasteiger partial charge in [0.05, 0.1) is 34.3 Å². The molecule has 33 heavy (non-hydrogen) atoms. The van der Waals surface area contributed by atoms with E-state index in [0.717, 1.165) is 33.3 Å². The van der Waals surface area contributed by atoms with Crippen molar-refractivity contribution in [3.63, 3.8) is 0 Å². The summed E-state index contributed by atoms with van der Waals surface area (Å²) in [4.78, 5) is 5.02. The Bertz CT molecular complexity index is 1560. The Morgan fingerprint density at radius 3 is 2.61 bits per heavy atom. The number of anilines is 1. The van der Waals surface area contributed by atoms with Gasteiger partial charge in [-0.2, -0.15) is 5.26 Å². The van der Waals surface area contributed by atoms with E-state index in [9.17, 15) is 9.47 Å². The number of fused-ring (bicyclic) bond motifs is 2. The van der Waals surface area contributed by atoms with Gasteiger partial charge in [0.25, 0.3) is 0 Å². The van der Waals surface area contributed by atoms with Crippen LogP contribution >= 0.6 is 0 Å². The fraction of sp³-hybridized carbons (Fsp3) is 0.0769. The number of pyridine rings is 1. The van der Waals surface area contributed by atoms with E-state index in [-0.39, 0.29) is 0 Å². The first kappa shape index (κ1) is 20.7. The van der Waals surface area contributed by atoms with Gasteiger partial charge in [-0.15, -0.1) is 0 Å². The maximum Gasteiger partial charge on any atom is 0.152 e. The second-order valence-electron chi connectivity index (χ2n) is 7.56. The number of aromatic nitrogens is 2. The molecule has 6 nitrogen and oxygen atoms in total. The molecule has 0 bridgehead atoms. The van der Waals surface area contributed by atoms with Gasteiger partial charge in [0.2, 0.25) is 0 Å². The van der Waals surface area contributed by atoms with Gasteiger partial charge in [-0.3, -0.25) is 4.98 Å². The van der Waals surface area contributed by atoms with Crippen LogP contribution in [-0.2, 0) is 18.0 Å². The van der Waals surface area contributed by atoms with Crippen molar-refractivity contribution < 1.29 is 8.95 Å². The standard InChI is InChI=1S/C26H20N4O2S/c1-30-23-15-20(32-2)12-13-21(23)22(16-27)26(30)18-8-10-19(11-9-18)29-33(31)24-7-3-5-17-6-4-14-28-25(17)24/h3-15,29H,1-2H3. The van der Waals surface area contributed by atoms with E-state index in [1.807, 2.05) is 84.4 Å². The number of nitrogens with one attached hydrogen (secondary N) is 1. The van der Waals surface area contributed by atoms with Crippen molar-refractivity contribution in [2.45, 2.75) is 4.90 Å². The van der Waals surface area contributed by atoms with Gasteiger partial charge in [-0.25, -0.2) is 4.21 Å². The first-order valence-corrected chi connectivity index (χ1v) is 11.4. The highest BCUT2D eigenvalue weighted by molar-refractivity contribution is 7.86. The molecule has 0 aliphatic heterocycles. The van der Waals surface area contributed by atoms with E-state index in [0.29, 0.717) is 21.7 Å². The number of hydrogen-bond acceptors (Lipinski definition) is 4. The number of nitrogens with zero attached hydrogens (tertiary/aromatic N) is 3. The van der Waals surface area contributed by atoms with Crippen molar-refractivity contribution in [2.24, 2.45) is 7.05 Å². The van der Waals surface area contributed by atoms with Gasteiger partial charge in [-0.05, 0) is 42.0 Å². The molecule has 0 saturated heterocycles. The molecule has 5 rings (SSSR count). The molecule has 5 aromatic rings. The molecule has 0 saturated carbocycles. The molecule has 1 N–H and O–H groups in total. The predicted octanol–water partition coefficient (Wildman–Crippen LogP) is 5.41. The number of aryl methyl sites for hydroxylation is 1. The minimum atomic E-state index is -1.47. The summed E-state index contributed by atoms with van der Waals surface area (Å²) < 4.78 is 23.4. The number of benzene rings is 3. The molecular formula is C26H20N4O2S. The van der Waals surface area contributed by atoms with Crippen LogP contribution in [0.25, 0.3) is 33.1 Å². The van der Waals surface area contributed by atoms with Gasteiger partial charge >= 0.3 is 0 Å². The van der Waals surface area contributed by atoms with Gasteiger partial charge in [-0.1, -0.05) is 30.3 Å². The molecule has 2 heterocycles. The summed E-state index contributed by atoms with van der Waals surface area (Å²) in [6, 6.07) is 25.1. The van der Waals surface area contributed by atoms with Crippen molar-refractivity contribution >= 4 is 38.5 Å². The Hall–Kier alpha value is -4.15. The summed E-state index contributed by atoms with van der Waals surface area (Å²) in [6.45, 7) is 0. The van der Waals surface area contributed by atoms with E-state index in [2.05, 4.69) is 15.8 Å². The van der Waals surface area contributed by atoms with Crippen LogP contribution in [0.15, 0.2) is 83.9 Å². The second-order valence-corrected chi connectivity index (χ2v) is 8.74. The molecule has 1 unspecified atom stereocenters. The van der Waals surface area contributed by atoms with Crippen LogP contribution in [0.1, 0.15) is 5.56 Å². The summed E-state index contributed by atoms with van der Waals surface area (Å²) in [5.41, 5.74) is 4.68. The minimum Gasteiger partial charge on any atom is -0.497 e. The van der Waals surface area contributed by atoms with Crippen LogP contribution in [0.2, 0.25) is 0 Å². The highest BCUT2D eigenvalue weighted by atomic mass is 32.2. The van der Waals surface area contributed by atoms with Crippen LogP contribution in [0.4, 0.5) is 5.69 Å². The zero-order chi connectivity index (χ0) is 22.9. The summed E-state index contributed by atoms with van der Waals surface area (Å²) in [5, 5.41) is 11.7. The van der Waals surface area contributed by atoms with Crippen LogP contribution in [0.5, 0.6) is 5.75 Å². The van der Waals surface area contributed by atoms with Gasteiger partial charge in [0, 0.05) is 35.8 Å². The SMILES string of the molecule is COc1ccc2c(C#N)c(-c3ccc(NS(=O)c4cccc5cccnc45)cc3)n(C)c2c1. The first-order valence-electron chi connectivity index (χ1n) is 10.3. The largest absolute Gasteiger partial charge is 0.497 e. The Labute approximate surface area is 193 Å².